The fourth-order valence-electron chi connectivity index (χ4n) is 3.86. The molecule has 8 heteroatoms. The van der Waals surface area contributed by atoms with Crippen LogP contribution in [0.1, 0.15) is 28.2 Å². The van der Waals surface area contributed by atoms with E-state index in [-0.39, 0.29) is 9.41 Å². The molecule has 2 aliphatic rings. The smallest absolute Gasteiger partial charge is 0.330 e. The van der Waals surface area contributed by atoms with Crippen molar-refractivity contribution in [1.29, 1.82) is 0 Å². The van der Waals surface area contributed by atoms with Gasteiger partial charge in [0.1, 0.15) is 6.21 Å². The van der Waals surface area contributed by atoms with E-state index in [2.05, 4.69) is 89.7 Å². The predicted octanol–water partition coefficient (Wildman–Crippen LogP) is 5.17. The maximum absolute atomic E-state index is 5.92. The zero-order chi connectivity index (χ0) is 19.1. The van der Waals surface area contributed by atoms with E-state index in [4.69, 9.17) is 5.73 Å². The molecule has 3 nitrogen and oxygen atoms in total. The Morgan fingerprint density at radius 2 is 2.03 bits per heavy atom. The van der Waals surface area contributed by atoms with Crippen LogP contribution in [0, 0.1) is 6.92 Å². The summed E-state index contributed by atoms with van der Waals surface area (Å²) in [5.41, 5.74) is 12.2. The van der Waals surface area contributed by atoms with Gasteiger partial charge in [0, 0.05) is 43.7 Å². The van der Waals surface area contributed by atoms with Crippen LogP contribution >= 0.6 is 22.7 Å². The average Bonchev–Trinajstić information content (AvgIpc) is 3.47. The van der Waals surface area contributed by atoms with Crippen molar-refractivity contribution in [2.75, 3.05) is 6.54 Å². The van der Waals surface area contributed by atoms with E-state index in [9.17, 15) is 0 Å². The van der Waals surface area contributed by atoms with Gasteiger partial charge in [0.15, 0.2) is 5.70 Å². The lowest BCUT2D eigenvalue weighted by atomic mass is 9.94. The first-order valence-electron chi connectivity index (χ1n) is 9.36. The van der Waals surface area contributed by atoms with Crippen molar-refractivity contribution in [3.8, 4) is 9.75 Å². The largest absolute Gasteiger partial charge is 0.699 e. The zero-order valence-corrected chi connectivity index (χ0v) is 18.1. The van der Waals surface area contributed by atoms with E-state index in [0.717, 1.165) is 6.42 Å². The summed E-state index contributed by atoms with van der Waals surface area (Å²) >= 11 is 3.62. The lowest BCUT2D eigenvalue weighted by Gasteiger charge is -2.18. The second-order valence-electron chi connectivity index (χ2n) is 6.92. The molecular formula is C22H22BF2N3S2+. The molecule has 0 saturated heterocycles. The van der Waals surface area contributed by atoms with Crippen LogP contribution in [0.5, 0.6) is 0 Å². The van der Waals surface area contributed by atoms with Crippen molar-refractivity contribution in [1.82, 2.24) is 4.48 Å². The summed E-state index contributed by atoms with van der Waals surface area (Å²) in [6.45, 7) is 2.84. The van der Waals surface area contributed by atoms with Crippen molar-refractivity contribution in [3.05, 3.63) is 75.4 Å². The third kappa shape index (κ3) is 3.78. The Labute approximate surface area is 183 Å². The van der Waals surface area contributed by atoms with E-state index < -0.39 is 0 Å². The number of fused-ring (bicyclic) bond motifs is 2. The minimum absolute atomic E-state index is 0. The monoisotopic (exact) mass is 441 g/mol. The SMILES string of the molecule is Cc1cc(/C=C/c2ccc(-c3cccs3)s2)n2c1C(CCN)=C1C=CC=[N+]1[B]2.F.F. The Hall–Kier alpha value is -2.55. The summed E-state index contributed by atoms with van der Waals surface area (Å²) in [4.78, 5) is 3.92. The van der Waals surface area contributed by atoms with Crippen LogP contribution < -0.4 is 5.73 Å². The van der Waals surface area contributed by atoms with Crippen LogP contribution in [0.15, 0.2) is 53.6 Å². The van der Waals surface area contributed by atoms with Gasteiger partial charge in [0.2, 0.25) is 0 Å². The van der Waals surface area contributed by atoms with Crippen molar-refractivity contribution < 1.29 is 13.9 Å². The van der Waals surface area contributed by atoms with Gasteiger partial charge in [-0.3, -0.25) is 13.9 Å². The normalized spacial score (nSPS) is 14.1. The first-order chi connectivity index (χ1) is 13.7. The number of rotatable bonds is 5. The van der Waals surface area contributed by atoms with Crippen molar-refractivity contribution in [3.63, 3.8) is 0 Å². The van der Waals surface area contributed by atoms with Crippen LogP contribution in [0.25, 0.3) is 27.5 Å². The van der Waals surface area contributed by atoms with Crippen LogP contribution in [0.3, 0.4) is 0 Å². The molecular weight excluding hydrogens is 419 g/mol. The highest BCUT2D eigenvalue weighted by Gasteiger charge is 2.34. The van der Waals surface area contributed by atoms with Gasteiger partial charge in [-0.2, -0.15) is 0 Å². The molecule has 0 aliphatic carbocycles. The minimum Gasteiger partial charge on any atom is -0.330 e. The van der Waals surface area contributed by atoms with Crippen LogP contribution in [0.2, 0.25) is 0 Å². The topological polar surface area (TPSA) is 34.0 Å². The number of thiophene rings is 2. The molecule has 30 heavy (non-hydrogen) atoms. The molecule has 0 bridgehead atoms. The van der Waals surface area contributed by atoms with Gasteiger partial charge >= 0.3 is 7.55 Å². The molecule has 0 saturated carbocycles. The summed E-state index contributed by atoms with van der Waals surface area (Å²) in [7, 11) is 2.17. The van der Waals surface area contributed by atoms with Crippen LogP contribution in [0.4, 0.5) is 9.41 Å². The molecule has 2 aliphatic heterocycles. The summed E-state index contributed by atoms with van der Waals surface area (Å²) < 4.78 is 4.48. The van der Waals surface area contributed by atoms with E-state index in [1.165, 1.54) is 42.9 Å². The number of aryl methyl sites for hydroxylation is 1. The van der Waals surface area contributed by atoms with E-state index >= 15 is 0 Å². The molecule has 153 valence electrons. The standard InChI is InChI=1S/C22H20BN3S2.2FH/c1-15-14-16(6-7-17-8-9-21(28-17)20-5-3-13-27-20)26-22(15)18(10-11-24)19-4-2-12-25(19)23-26;;/h2-9,12-14H,10-11,24H2,1H3;2*1H/q+1;;/b7-6+;;. The molecule has 0 amide bonds. The second kappa shape index (κ2) is 9.08. The van der Waals surface area contributed by atoms with Crippen LogP contribution in [-0.4, -0.2) is 29.3 Å². The maximum Gasteiger partial charge on any atom is 0.699 e. The highest BCUT2D eigenvalue weighted by atomic mass is 32.1. The lowest BCUT2D eigenvalue weighted by molar-refractivity contribution is -0.307. The van der Waals surface area contributed by atoms with Gasteiger partial charge in [0.25, 0.3) is 0 Å². The van der Waals surface area contributed by atoms with Gasteiger partial charge in [-0.15, -0.1) is 22.7 Å². The molecule has 5 heterocycles. The van der Waals surface area contributed by atoms with Crippen molar-refractivity contribution in [2.45, 2.75) is 13.3 Å². The molecule has 0 spiro atoms. The first kappa shape index (κ1) is 22.1. The van der Waals surface area contributed by atoms with E-state index in [0.29, 0.717) is 6.54 Å². The minimum atomic E-state index is 0. The van der Waals surface area contributed by atoms with E-state index in [1.807, 2.05) is 11.3 Å². The molecule has 0 fully saturated rings. The highest BCUT2D eigenvalue weighted by Crippen LogP contribution is 2.35. The number of allylic oxidation sites excluding steroid dienone is 2. The molecule has 3 aromatic rings. The lowest BCUT2D eigenvalue weighted by Crippen LogP contribution is -2.30. The molecule has 2 N–H and O–H groups in total. The third-order valence-electron chi connectivity index (χ3n) is 5.07. The summed E-state index contributed by atoms with van der Waals surface area (Å²) in [5.74, 6) is 0. The fourth-order valence-corrected chi connectivity index (χ4v) is 5.61. The summed E-state index contributed by atoms with van der Waals surface area (Å²) in [6, 6.07) is 10.9. The number of nitrogens with two attached hydrogens (primary N) is 1. The highest BCUT2D eigenvalue weighted by molar-refractivity contribution is 7.21. The Morgan fingerprint density at radius 1 is 1.17 bits per heavy atom. The molecule has 0 aromatic carbocycles. The molecule has 0 atom stereocenters. The quantitative estimate of drug-likeness (QED) is 0.545. The Bertz CT molecular complexity index is 1170. The van der Waals surface area contributed by atoms with Crippen LogP contribution in [-0.2, 0) is 0 Å². The Kier molecular flexibility index (Phi) is 6.70. The van der Waals surface area contributed by atoms with Crippen molar-refractivity contribution >= 4 is 54.2 Å². The average molecular weight is 441 g/mol. The summed E-state index contributed by atoms with van der Waals surface area (Å²) in [6.07, 6.45) is 11.7. The number of aromatic nitrogens is 1. The number of nitrogens with zero attached hydrogens (tertiary/aromatic N) is 2. The van der Waals surface area contributed by atoms with Gasteiger partial charge in [0.05, 0.1) is 0 Å². The number of halogens is 2. The molecule has 5 rings (SSSR count). The maximum atomic E-state index is 5.92. The van der Waals surface area contributed by atoms with E-state index in [1.54, 1.807) is 11.3 Å². The predicted molar refractivity (Wildman–Crippen MR) is 128 cm³/mol. The van der Waals surface area contributed by atoms with Gasteiger partial charge in [-0.25, -0.2) is 0 Å². The number of hydrogen-bond donors (Lipinski definition) is 1. The first-order valence-corrected chi connectivity index (χ1v) is 11.1. The van der Waals surface area contributed by atoms with Crippen molar-refractivity contribution in [2.24, 2.45) is 5.73 Å². The third-order valence-corrected chi connectivity index (χ3v) is 7.19. The number of hydrogen-bond acceptors (Lipinski definition) is 3. The molecule has 3 aromatic heterocycles. The molecule has 1 radical (unpaired) electrons. The van der Waals surface area contributed by atoms with Gasteiger partial charge in [-0.05, 0) is 67.3 Å². The zero-order valence-electron chi connectivity index (χ0n) is 16.4. The Balaban J connectivity index is 0.00000128. The Morgan fingerprint density at radius 3 is 2.80 bits per heavy atom. The fraction of sp³-hybridized carbons (Fsp3) is 0.136. The van der Waals surface area contributed by atoms with Gasteiger partial charge in [-0.1, -0.05) is 6.07 Å². The summed E-state index contributed by atoms with van der Waals surface area (Å²) in [5, 5.41) is 2.13. The van der Waals surface area contributed by atoms with Gasteiger partial charge < -0.3 is 10.2 Å². The molecule has 0 unspecified atom stereocenters. The second-order valence-corrected chi connectivity index (χ2v) is 8.98.